The quantitative estimate of drug-likeness (QED) is 0.291. The fourth-order valence-corrected chi connectivity index (χ4v) is 2.32. The lowest BCUT2D eigenvalue weighted by molar-refractivity contribution is 0.280. The van der Waals surface area contributed by atoms with E-state index in [4.69, 9.17) is 20.6 Å². The molecule has 0 aliphatic carbocycles. The average Bonchev–Trinajstić information content (AvgIpc) is 2.94. The molecular weight excluding hydrogens is 337 g/mol. The van der Waals surface area contributed by atoms with Crippen molar-refractivity contribution in [2.24, 2.45) is 4.99 Å². The van der Waals surface area contributed by atoms with Crippen LogP contribution in [-0.2, 0) is 0 Å². The number of benzene rings is 1. The Balaban J connectivity index is 2.15. The molecule has 26 heavy (non-hydrogen) atoms. The fourth-order valence-electron chi connectivity index (χ4n) is 2.32. The van der Waals surface area contributed by atoms with Gasteiger partial charge < -0.3 is 25.1 Å². The van der Waals surface area contributed by atoms with Crippen LogP contribution in [0.2, 0.25) is 0 Å². The zero-order chi connectivity index (χ0) is 19.1. The van der Waals surface area contributed by atoms with E-state index in [1.54, 1.807) is 6.20 Å². The molecule has 0 spiro atoms. The van der Waals surface area contributed by atoms with Crippen LogP contribution in [0.4, 0.5) is 10.1 Å². The molecule has 0 bridgehead atoms. The molecule has 0 amide bonds. The number of nitrogen functional groups attached to an aromatic ring is 1. The number of nitrogens with one attached hydrogen (secondary N) is 2. The minimum absolute atomic E-state index is 0.0257. The summed E-state index contributed by atoms with van der Waals surface area (Å²) in [6.07, 6.45) is 3.42. The van der Waals surface area contributed by atoms with E-state index in [2.05, 4.69) is 14.9 Å². The topological polar surface area (TPSA) is 99.7 Å². The van der Waals surface area contributed by atoms with Gasteiger partial charge in [-0.15, -0.1) is 0 Å². The summed E-state index contributed by atoms with van der Waals surface area (Å²) in [5.74, 6) is 0.108. The van der Waals surface area contributed by atoms with Gasteiger partial charge in [-0.1, -0.05) is 0 Å². The second-order valence-corrected chi connectivity index (χ2v) is 6.01. The number of halogens is 1. The van der Waals surface area contributed by atoms with E-state index in [0.29, 0.717) is 23.7 Å². The minimum Gasteiger partial charge on any atom is -0.492 e. The van der Waals surface area contributed by atoms with Gasteiger partial charge >= 0.3 is 0 Å². The van der Waals surface area contributed by atoms with E-state index in [0.717, 1.165) is 30.9 Å². The second-order valence-electron chi connectivity index (χ2n) is 6.01. The molecule has 1 heterocycles. The number of anilines is 1. The van der Waals surface area contributed by atoms with Crippen LogP contribution in [0.5, 0.6) is 11.5 Å². The van der Waals surface area contributed by atoms with Crippen molar-refractivity contribution in [2.45, 2.75) is 13.3 Å². The Hall–Kier alpha value is -2.87. The van der Waals surface area contributed by atoms with Crippen LogP contribution in [0.3, 0.4) is 0 Å². The smallest absolute Gasteiger partial charge is 0.245 e. The summed E-state index contributed by atoms with van der Waals surface area (Å²) in [5.41, 5.74) is 7.13. The Morgan fingerprint density at radius 2 is 2.15 bits per heavy atom. The minimum atomic E-state index is -0.605. The predicted octanol–water partition coefficient (Wildman–Crippen LogP) is 2.81. The number of aromatic nitrogens is 1. The van der Waals surface area contributed by atoms with Crippen LogP contribution in [-0.4, -0.2) is 49.4 Å². The van der Waals surface area contributed by atoms with Gasteiger partial charge in [-0.2, -0.15) is 0 Å². The van der Waals surface area contributed by atoms with Gasteiger partial charge in [0.2, 0.25) is 5.90 Å². The molecule has 0 atom stereocenters. The van der Waals surface area contributed by atoms with E-state index in [1.807, 2.05) is 21.0 Å². The molecule has 2 aromatic rings. The zero-order valence-corrected chi connectivity index (χ0v) is 15.2. The largest absolute Gasteiger partial charge is 0.492 e. The predicted molar refractivity (Wildman–Crippen MR) is 101 cm³/mol. The zero-order valence-electron chi connectivity index (χ0n) is 15.2. The van der Waals surface area contributed by atoms with Crippen LogP contribution < -0.4 is 15.2 Å². The van der Waals surface area contributed by atoms with Crippen LogP contribution in [0, 0.1) is 18.2 Å². The molecule has 0 aliphatic rings. The first-order chi connectivity index (χ1) is 12.4. The Morgan fingerprint density at radius 3 is 2.81 bits per heavy atom. The third-order valence-electron chi connectivity index (χ3n) is 3.66. The summed E-state index contributed by atoms with van der Waals surface area (Å²) in [7, 11) is 4.01. The fraction of sp³-hybridized carbons (Fsp3) is 0.333. The Kier molecular flexibility index (Phi) is 6.74. The molecule has 0 saturated heterocycles. The molecule has 8 heteroatoms. The highest BCUT2D eigenvalue weighted by atomic mass is 19.1. The first-order valence-electron chi connectivity index (χ1n) is 8.18. The highest BCUT2D eigenvalue weighted by Gasteiger charge is 2.17. The molecule has 7 nitrogen and oxygen atoms in total. The molecule has 1 aromatic carbocycles. The Morgan fingerprint density at radius 1 is 1.38 bits per heavy atom. The summed E-state index contributed by atoms with van der Waals surface area (Å²) < 4.78 is 25.3. The second kappa shape index (κ2) is 9.00. The maximum absolute atomic E-state index is 14.0. The van der Waals surface area contributed by atoms with Gasteiger partial charge in [0, 0.05) is 30.1 Å². The lowest BCUT2D eigenvalue weighted by atomic mass is 10.2. The molecule has 140 valence electrons. The number of aliphatic imine (C=N–C) groups is 1. The summed E-state index contributed by atoms with van der Waals surface area (Å²) in [5, 5.41) is 7.23. The van der Waals surface area contributed by atoms with Gasteiger partial charge in [0.15, 0.2) is 11.6 Å². The molecule has 0 radical (unpaired) electrons. The third-order valence-corrected chi connectivity index (χ3v) is 3.66. The van der Waals surface area contributed by atoms with Gasteiger partial charge in [0.1, 0.15) is 17.8 Å². The average molecular weight is 361 g/mol. The molecule has 1 aromatic heterocycles. The number of nitrogens with zero attached hydrogens (tertiary/aromatic N) is 2. The number of hydrogen-bond acceptors (Lipinski definition) is 5. The van der Waals surface area contributed by atoms with Gasteiger partial charge in [-0.05, 0) is 39.6 Å². The maximum Gasteiger partial charge on any atom is 0.245 e. The normalized spacial score (nSPS) is 11.7. The monoisotopic (exact) mass is 361 g/mol. The van der Waals surface area contributed by atoms with Crippen molar-refractivity contribution in [3.8, 4) is 11.5 Å². The highest BCUT2D eigenvalue weighted by Crippen LogP contribution is 2.25. The van der Waals surface area contributed by atoms with E-state index in [9.17, 15) is 4.39 Å². The van der Waals surface area contributed by atoms with Crippen LogP contribution in [0.1, 0.15) is 17.7 Å². The summed E-state index contributed by atoms with van der Waals surface area (Å²) in [6.45, 7) is 3.34. The van der Waals surface area contributed by atoms with Crippen molar-refractivity contribution >= 4 is 17.9 Å². The van der Waals surface area contributed by atoms with Gasteiger partial charge in [-0.3, -0.25) is 5.41 Å². The van der Waals surface area contributed by atoms with Crippen molar-refractivity contribution in [1.29, 1.82) is 5.41 Å². The van der Waals surface area contributed by atoms with Crippen LogP contribution >= 0.6 is 0 Å². The molecule has 0 fully saturated rings. The van der Waals surface area contributed by atoms with Gasteiger partial charge in [0.05, 0.1) is 6.61 Å². The van der Waals surface area contributed by atoms with Crippen molar-refractivity contribution in [2.75, 3.05) is 33.0 Å². The number of hydrogen-bond donors (Lipinski definition) is 3. The molecular formula is C18H24FN5O2. The molecule has 4 N–H and O–H groups in total. The number of ether oxygens (including phenoxy) is 2. The lowest BCUT2D eigenvalue weighted by Crippen LogP contribution is -2.15. The van der Waals surface area contributed by atoms with Crippen molar-refractivity contribution in [3.63, 3.8) is 0 Å². The lowest BCUT2D eigenvalue weighted by Gasteiger charge is -2.11. The van der Waals surface area contributed by atoms with Crippen LogP contribution in [0.25, 0.3) is 0 Å². The maximum atomic E-state index is 14.0. The van der Waals surface area contributed by atoms with E-state index in [1.165, 1.54) is 12.1 Å². The molecule has 0 saturated carbocycles. The van der Waals surface area contributed by atoms with E-state index in [-0.39, 0.29) is 11.6 Å². The van der Waals surface area contributed by atoms with Crippen molar-refractivity contribution in [3.05, 3.63) is 41.5 Å². The molecule has 0 unspecified atom stereocenters. The summed E-state index contributed by atoms with van der Waals surface area (Å²) in [6, 6.07) is 4.11. The first-order valence-corrected chi connectivity index (χ1v) is 8.18. The third kappa shape index (κ3) is 5.06. The SMILES string of the molecule is Cc1c(OCCCN(C)C)c[nH]c1C(=NC=N)Oc1ccc(N)cc1F. The van der Waals surface area contributed by atoms with E-state index < -0.39 is 5.82 Å². The van der Waals surface area contributed by atoms with Crippen LogP contribution in [0.15, 0.2) is 29.4 Å². The number of aromatic amines is 1. The number of nitrogens with two attached hydrogens (primary N) is 1. The number of H-pyrrole nitrogens is 1. The van der Waals surface area contributed by atoms with Crippen molar-refractivity contribution in [1.82, 2.24) is 9.88 Å². The van der Waals surface area contributed by atoms with Gasteiger partial charge in [0.25, 0.3) is 0 Å². The Labute approximate surface area is 152 Å². The first kappa shape index (κ1) is 19.5. The van der Waals surface area contributed by atoms with Gasteiger partial charge in [-0.25, -0.2) is 9.38 Å². The Bertz CT molecular complexity index is 786. The number of rotatable bonds is 8. The molecule has 2 rings (SSSR count). The summed E-state index contributed by atoms with van der Waals surface area (Å²) in [4.78, 5) is 9.00. The van der Waals surface area contributed by atoms with E-state index >= 15 is 0 Å². The van der Waals surface area contributed by atoms with Crippen molar-refractivity contribution < 1.29 is 13.9 Å². The highest BCUT2D eigenvalue weighted by molar-refractivity contribution is 5.99. The molecule has 0 aliphatic heterocycles. The summed E-state index contributed by atoms with van der Waals surface area (Å²) >= 11 is 0. The standard InChI is InChI=1S/C18H24FN5O2/c1-12-16(25-8-4-7-24(2)3)10-22-17(12)18(23-11-20)26-15-6-5-13(21)9-14(15)19/h5-6,9-11,20,22H,4,7-8,21H2,1-3H3.